The van der Waals surface area contributed by atoms with E-state index in [0.717, 1.165) is 3.70 Å². The molecule has 0 saturated carbocycles. The van der Waals surface area contributed by atoms with Crippen molar-refractivity contribution in [1.82, 2.24) is 9.78 Å². The van der Waals surface area contributed by atoms with E-state index >= 15 is 0 Å². The number of hydrogen-bond acceptors (Lipinski definition) is 2. The molecule has 1 aromatic rings. The van der Waals surface area contributed by atoms with Gasteiger partial charge in [0.25, 0.3) is 0 Å². The second-order valence-corrected chi connectivity index (χ2v) is 4.60. The average Bonchev–Trinajstić information content (AvgIpc) is 2.47. The van der Waals surface area contributed by atoms with E-state index in [1.165, 1.54) is 38.2 Å². The summed E-state index contributed by atoms with van der Waals surface area (Å²) in [6.07, 6.45) is 4.02. The van der Waals surface area contributed by atoms with Gasteiger partial charge >= 0.3 is 0 Å². The minimum atomic E-state index is 1.08. The van der Waals surface area contributed by atoms with Crippen LogP contribution in [0.15, 0.2) is 6.07 Å². The summed E-state index contributed by atoms with van der Waals surface area (Å²) in [5.74, 6) is 1.27. The number of nitrogens with zero attached hydrogens (tertiary/aromatic N) is 3. The van der Waals surface area contributed by atoms with Crippen molar-refractivity contribution in [2.24, 2.45) is 7.05 Å². The Morgan fingerprint density at radius 2 is 2.00 bits per heavy atom. The number of aromatic nitrogens is 2. The molecule has 0 unspecified atom stereocenters. The van der Waals surface area contributed by atoms with Gasteiger partial charge in [-0.3, -0.25) is 4.68 Å². The first-order chi connectivity index (χ1) is 6.27. The van der Waals surface area contributed by atoms with Gasteiger partial charge in [-0.2, -0.15) is 5.10 Å². The molecule has 0 radical (unpaired) electrons. The van der Waals surface area contributed by atoms with Crippen LogP contribution in [0.4, 0.5) is 5.82 Å². The molecular weight excluding hydrogens is 277 g/mol. The maximum Gasteiger partial charge on any atom is 0.127 e. The standard InChI is InChI=1S/C9H14IN3/c1-12-9(7-8(10)11-12)13-5-3-2-4-6-13/h7H,2-6H2,1H3. The predicted octanol–water partition coefficient (Wildman–Crippen LogP) is 2.02. The Labute approximate surface area is 92.2 Å². The molecule has 0 N–H and O–H groups in total. The van der Waals surface area contributed by atoms with Gasteiger partial charge in [-0.1, -0.05) is 0 Å². The zero-order valence-corrected chi connectivity index (χ0v) is 9.99. The number of piperidine rings is 1. The van der Waals surface area contributed by atoms with Crippen molar-refractivity contribution < 1.29 is 0 Å². The van der Waals surface area contributed by atoms with Gasteiger partial charge < -0.3 is 4.90 Å². The zero-order valence-electron chi connectivity index (χ0n) is 7.83. The highest BCUT2D eigenvalue weighted by molar-refractivity contribution is 14.1. The fourth-order valence-corrected chi connectivity index (χ4v) is 2.44. The topological polar surface area (TPSA) is 21.1 Å². The van der Waals surface area contributed by atoms with Crippen molar-refractivity contribution in [3.63, 3.8) is 0 Å². The fourth-order valence-electron chi connectivity index (χ4n) is 1.84. The van der Waals surface area contributed by atoms with E-state index < -0.39 is 0 Å². The number of aryl methyl sites for hydroxylation is 1. The second-order valence-electron chi connectivity index (χ2n) is 3.50. The molecule has 72 valence electrons. The molecule has 0 spiro atoms. The van der Waals surface area contributed by atoms with Gasteiger partial charge in [0, 0.05) is 26.2 Å². The van der Waals surface area contributed by atoms with E-state index in [9.17, 15) is 0 Å². The van der Waals surface area contributed by atoms with Crippen LogP contribution in [0.25, 0.3) is 0 Å². The molecular formula is C9H14IN3. The van der Waals surface area contributed by atoms with Crippen molar-refractivity contribution in [1.29, 1.82) is 0 Å². The van der Waals surface area contributed by atoms with Gasteiger partial charge in [0.2, 0.25) is 0 Å². The van der Waals surface area contributed by atoms with Crippen LogP contribution < -0.4 is 4.90 Å². The van der Waals surface area contributed by atoms with E-state index in [1.807, 2.05) is 11.7 Å². The molecule has 0 aliphatic carbocycles. The lowest BCUT2D eigenvalue weighted by Gasteiger charge is -2.28. The Balaban J connectivity index is 2.18. The zero-order chi connectivity index (χ0) is 9.26. The average molecular weight is 291 g/mol. The molecule has 3 nitrogen and oxygen atoms in total. The summed E-state index contributed by atoms with van der Waals surface area (Å²) in [5.41, 5.74) is 0. The number of hydrogen-bond donors (Lipinski definition) is 0. The number of halogens is 1. The van der Waals surface area contributed by atoms with Crippen LogP contribution >= 0.6 is 22.6 Å². The molecule has 2 rings (SSSR count). The smallest absolute Gasteiger partial charge is 0.127 e. The molecule has 2 heterocycles. The minimum Gasteiger partial charge on any atom is -0.357 e. The highest BCUT2D eigenvalue weighted by atomic mass is 127. The summed E-state index contributed by atoms with van der Waals surface area (Å²) < 4.78 is 3.06. The minimum absolute atomic E-state index is 1.08. The first kappa shape index (κ1) is 9.30. The summed E-state index contributed by atoms with van der Waals surface area (Å²) in [6.45, 7) is 2.38. The molecule has 1 aliphatic rings. The van der Waals surface area contributed by atoms with Crippen LogP contribution in [-0.4, -0.2) is 22.9 Å². The van der Waals surface area contributed by atoms with Gasteiger partial charge in [-0.05, 0) is 41.9 Å². The van der Waals surface area contributed by atoms with Crippen LogP contribution in [-0.2, 0) is 7.05 Å². The van der Waals surface area contributed by atoms with E-state index in [1.54, 1.807) is 0 Å². The third-order valence-corrected chi connectivity index (χ3v) is 3.03. The molecule has 1 fully saturated rings. The van der Waals surface area contributed by atoms with Gasteiger partial charge in [-0.15, -0.1) is 0 Å². The predicted molar refractivity (Wildman–Crippen MR) is 62.0 cm³/mol. The van der Waals surface area contributed by atoms with E-state index in [-0.39, 0.29) is 0 Å². The largest absolute Gasteiger partial charge is 0.357 e. The maximum absolute atomic E-state index is 4.35. The van der Waals surface area contributed by atoms with Gasteiger partial charge in [0.15, 0.2) is 0 Å². The van der Waals surface area contributed by atoms with Crippen molar-refractivity contribution in [3.8, 4) is 0 Å². The monoisotopic (exact) mass is 291 g/mol. The Morgan fingerprint density at radius 3 is 2.54 bits per heavy atom. The molecule has 4 heteroatoms. The molecule has 1 aliphatic heterocycles. The van der Waals surface area contributed by atoms with Crippen LogP contribution in [0.5, 0.6) is 0 Å². The SMILES string of the molecule is Cn1nc(I)cc1N1CCCCC1. The second kappa shape index (κ2) is 3.86. The highest BCUT2D eigenvalue weighted by Gasteiger charge is 2.14. The number of rotatable bonds is 1. The normalized spacial score (nSPS) is 17.8. The van der Waals surface area contributed by atoms with Crippen molar-refractivity contribution in [3.05, 3.63) is 9.77 Å². The van der Waals surface area contributed by atoms with E-state index in [0.29, 0.717) is 0 Å². The van der Waals surface area contributed by atoms with Crippen LogP contribution in [0.2, 0.25) is 0 Å². The van der Waals surface area contributed by atoms with E-state index in [2.05, 4.69) is 38.7 Å². The molecule has 0 bridgehead atoms. The maximum atomic E-state index is 4.35. The van der Waals surface area contributed by atoms with Crippen LogP contribution in [0.3, 0.4) is 0 Å². The van der Waals surface area contributed by atoms with Crippen LogP contribution in [0, 0.1) is 3.70 Å². The highest BCUT2D eigenvalue weighted by Crippen LogP contribution is 2.20. The third kappa shape index (κ3) is 1.98. The molecule has 0 aromatic carbocycles. The lowest BCUT2D eigenvalue weighted by atomic mass is 10.1. The Bertz CT molecular complexity index is 289. The Hall–Kier alpha value is -0.260. The summed E-state index contributed by atoms with van der Waals surface area (Å²) in [4.78, 5) is 2.43. The summed E-state index contributed by atoms with van der Waals surface area (Å²) in [7, 11) is 2.02. The van der Waals surface area contributed by atoms with Crippen molar-refractivity contribution in [2.75, 3.05) is 18.0 Å². The lowest BCUT2D eigenvalue weighted by Crippen LogP contribution is -2.30. The summed E-state index contributed by atoms with van der Waals surface area (Å²) >= 11 is 2.26. The molecule has 13 heavy (non-hydrogen) atoms. The molecule has 1 saturated heterocycles. The Morgan fingerprint density at radius 1 is 1.31 bits per heavy atom. The van der Waals surface area contributed by atoms with Crippen LogP contribution in [0.1, 0.15) is 19.3 Å². The third-order valence-electron chi connectivity index (χ3n) is 2.51. The van der Waals surface area contributed by atoms with Crippen molar-refractivity contribution >= 4 is 28.4 Å². The first-order valence-electron chi connectivity index (χ1n) is 4.72. The Kier molecular flexibility index (Phi) is 2.76. The molecule has 0 atom stereocenters. The quantitative estimate of drug-likeness (QED) is 0.738. The van der Waals surface area contributed by atoms with Gasteiger partial charge in [-0.25, -0.2) is 0 Å². The molecule has 1 aromatic heterocycles. The van der Waals surface area contributed by atoms with Crippen molar-refractivity contribution in [2.45, 2.75) is 19.3 Å². The number of anilines is 1. The van der Waals surface area contributed by atoms with Gasteiger partial charge in [0.05, 0.1) is 0 Å². The summed E-state index contributed by atoms with van der Waals surface area (Å²) in [5, 5.41) is 4.35. The lowest BCUT2D eigenvalue weighted by molar-refractivity contribution is 0.561. The summed E-state index contributed by atoms with van der Waals surface area (Å²) in [6, 6.07) is 2.16. The fraction of sp³-hybridized carbons (Fsp3) is 0.667. The molecule has 0 amide bonds. The van der Waals surface area contributed by atoms with Gasteiger partial charge in [0.1, 0.15) is 9.52 Å². The van der Waals surface area contributed by atoms with E-state index in [4.69, 9.17) is 0 Å². The first-order valence-corrected chi connectivity index (χ1v) is 5.80.